The molecule has 2 aliphatic carbocycles. The molecular weight excluding hydrogens is 1170 g/mol. The summed E-state index contributed by atoms with van der Waals surface area (Å²) in [6, 6.07) is -5.55. The van der Waals surface area contributed by atoms with Crippen molar-refractivity contribution in [2.75, 3.05) is 68.5 Å². The third kappa shape index (κ3) is 19.3. The fraction of sp³-hybridized carbons (Fsp3) is 0.734. The summed E-state index contributed by atoms with van der Waals surface area (Å²) < 4.78 is 55.6. The number of halogens is 4. The Kier molecular flexibility index (Phi) is 26.6. The van der Waals surface area contributed by atoms with Crippen LogP contribution in [0.3, 0.4) is 0 Å². The molecule has 4 fully saturated rings. The van der Waals surface area contributed by atoms with Crippen LogP contribution in [0.15, 0.2) is 18.2 Å². The first-order chi connectivity index (χ1) is 42.1. The van der Waals surface area contributed by atoms with Gasteiger partial charge in [-0.15, -0.1) is 0 Å². The van der Waals surface area contributed by atoms with E-state index in [4.69, 9.17) is 0 Å². The molecule has 8 atom stereocenters. The van der Waals surface area contributed by atoms with Gasteiger partial charge in [-0.25, -0.2) is 4.39 Å². The molecule has 2 heterocycles. The quantitative estimate of drug-likeness (QED) is 0.222. The molecule has 26 heteroatoms. The van der Waals surface area contributed by atoms with Gasteiger partial charge in [0.15, 0.2) is 0 Å². The van der Waals surface area contributed by atoms with Gasteiger partial charge in [0.25, 0.3) is 0 Å². The highest BCUT2D eigenvalue weighted by Gasteiger charge is 2.50. The van der Waals surface area contributed by atoms with Crippen molar-refractivity contribution in [3.63, 3.8) is 0 Å². The lowest BCUT2D eigenvalue weighted by atomic mass is 9.84. The summed E-state index contributed by atoms with van der Waals surface area (Å²) in [5.41, 5.74) is -2.94. The van der Waals surface area contributed by atoms with Crippen LogP contribution < -0.4 is 21.3 Å². The Morgan fingerprint density at radius 3 is 1.74 bits per heavy atom. The van der Waals surface area contributed by atoms with Crippen molar-refractivity contribution < 1.29 is 70.3 Å². The van der Waals surface area contributed by atoms with Crippen LogP contribution in [0.2, 0.25) is 0 Å². The van der Waals surface area contributed by atoms with E-state index in [9.17, 15) is 70.3 Å². The summed E-state index contributed by atoms with van der Waals surface area (Å²) in [6.07, 6.45) is 1.19. The molecule has 22 nitrogen and oxygen atoms in total. The maximum Gasteiger partial charge on any atom is 0.419 e. The third-order valence-electron chi connectivity index (χ3n) is 18.5. The average Bonchev–Trinajstić information content (AvgIpc) is 1.37. The highest BCUT2D eigenvalue weighted by molar-refractivity contribution is 5.99. The zero-order chi connectivity index (χ0) is 67.3. The van der Waals surface area contributed by atoms with E-state index in [0.29, 0.717) is 31.4 Å². The average molecular weight is 1270 g/mol. The second kappa shape index (κ2) is 32.4. The largest absolute Gasteiger partial charge is 0.419 e. The number of fused-ring (bicyclic) bond motifs is 1. The molecule has 2 saturated heterocycles. The Labute approximate surface area is 528 Å². The number of hydrogen-bond donors (Lipinski definition) is 4. The Morgan fingerprint density at radius 2 is 1.19 bits per heavy atom. The summed E-state index contributed by atoms with van der Waals surface area (Å²) in [6.45, 7) is 11.1. The van der Waals surface area contributed by atoms with Gasteiger partial charge in [-0.1, -0.05) is 99.0 Å². The Bertz CT molecular complexity index is 2760. The second-order valence-electron chi connectivity index (χ2n) is 26.7. The van der Waals surface area contributed by atoms with Crippen LogP contribution in [-0.4, -0.2) is 216 Å². The summed E-state index contributed by atoms with van der Waals surface area (Å²) in [4.78, 5) is 167. The molecule has 1 aromatic carbocycles. The van der Waals surface area contributed by atoms with Gasteiger partial charge in [0.1, 0.15) is 47.6 Å². The van der Waals surface area contributed by atoms with Crippen LogP contribution in [0.1, 0.15) is 162 Å². The number of benzene rings is 1. The van der Waals surface area contributed by atoms with Crippen LogP contribution in [0.5, 0.6) is 0 Å². The van der Waals surface area contributed by atoms with Crippen molar-refractivity contribution in [3.8, 4) is 0 Å². The van der Waals surface area contributed by atoms with E-state index in [1.165, 1.54) is 61.9 Å². The van der Waals surface area contributed by atoms with E-state index in [0.717, 1.165) is 52.9 Å². The molecule has 1 spiro atoms. The standard InChI is InChI=1S/C64H99F4N11O11/c1-14-40(6)55-61(89)75(10)36-53(82)73(8)37-54(83)77(12)50(34-42-20-16-15-17-21-42)60(88)74(9)35-51(80)70-46(25-23-43-22-24-44(45(65)33-43)64(66,67)68)59(87)79-29-26-47(79)58(86)72-63(27-18-19-28-63)62(90)78(13)49(31-39(4)5)56(84)69-41(7)32-52(81)76(11)48(30-38(2)3)57(85)71-55/h22,24,33,38-42,46-50,55H,14-21,23,25-32,34-37H2,1-13H3,(H,69,84)(H,70,80)(H,71,85)(H,72,86)/t40-,41+,46-,47-,48-,49-,50-,55-/m0/s1. The third-order valence-corrected chi connectivity index (χ3v) is 18.5. The number of nitrogens with zero attached hydrogens (tertiary/aromatic N) is 7. The molecule has 11 amide bonds. The molecule has 5 rings (SSSR count). The van der Waals surface area contributed by atoms with Crippen LogP contribution in [0, 0.1) is 29.5 Å². The number of amides is 11. The normalized spacial score (nSPS) is 26.2. The molecule has 2 saturated carbocycles. The number of likely N-dealkylation sites (N-methyl/N-ethyl adjacent to an activating group) is 6. The van der Waals surface area contributed by atoms with Gasteiger partial charge in [-0.3, -0.25) is 52.7 Å². The highest BCUT2D eigenvalue weighted by atomic mass is 19.4. The zero-order valence-electron chi connectivity index (χ0n) is 55.1. The van der Waals surface area contributed by atoms with E-state index >= 15 is 0 Å². The van der Waals surface area contributed by atoms with Gasteiger partial charge in [0.05, 0.1) is 25.2 Å². The van der Waals surface area contributed by atoms with Crippen LogP contribution in [0.4, 0.5) is 17.6 Å². The number of hydrogen-bond acceptors (Lipinski definition) is 11. The lowest BCUT2D eigenvalue weighted by Crippen LogP contribution is -2.67. The van der Waals surface area contributed by atoms with E-state index in [1.807, 2.05) is 34.6 Å². The fourth-order valence-electron chi connectivity index (χ4n) is 12.6. The molecule has 1 aromatic rings. The lowest BCUT2D eigenvalue weighted by molar-refractivity contribution is -0.153. The number of carbonyl (C=O) groups is 11. The van der Waals surface area contributed by atoms with Gasteiger partial charge in [-0.2, -0.15) is 13.2 Å². The van der Waals surface area contributed by atoms with Gasteiger partial charge < -0.3 is 55.6 Å². The first-order valence-corrected chi connectivity index (χ1v) is 32.0. The summed E-state index contributed by atoms with van der Waals surface area (Å²) in [7, 11) is 8.47. The predicted octanol–water partition coefficient (Wildman–Crippen LogP) is 4.65. The zero-order valence-corrected chi connectivity index (χ0v) is 55.1. The smallest absolute Gasteiger partial charge is 0.351 e. The van der Waals surface area contributed by atoms with Crippen molar-refractivity contribution in [2.24, 2.45) is 23.7 Å². The molecule has 0 radical (unpaired) electrons. The second-order valence-corrected chi connectivity index (χ2v) is 26.7. The van der Waals surface area contributed by atoms with Crippen molar-refractivity contribution in [1.29, 1.82) is 0 Å². The van der Waals surface area contributed by atoms with Crippen molar-refractivity contribution in [2.45, 2.75) is 212 Å². The van der Waals surface area contributed by atoms with E-state index in [2.05, 4.69) is 21.3 Å². The molecular formula is C64H99F4N11O11. The molecule has 4 N–H and O–H groups in total. The van der Waals surface area contributed by atoms with E-state index < -0.39 is 156 Å². The summed E-state index contributed by atoms with van der Waals surface area (Å²) in [5, 5.41) is 11.4. The first kappa shape index (κ1) is 73.8. The van der Waals surface area contributed by atoms with Gasteiger partial charge in [0, 0.05) is 61.3 Å². The minimum Gasteiger partial charge on any atom is -0.351 e. The molecule has 4 aliphatic rings. The van der Waals surface area contributed by atoms with Crippen molar-refractivity contribution >= 4 is 65.0 Å². The Morgan fingerprint density at radius 1 is 0.622 bits per heavy atom. The monoisotopic (exact) mass is 1270 g/mol. The molecule has 504 valence electrons. The van der Waals surface area contributed by atoms with Crippen molar-refractivity contribution in [3.05, 3.63) is 35.1 Å². The number of carbonyl (C=O) groups excluding carboxylic acids is 11. The van der Waals surface area contributed by atoms with Gasteiger partial charge in [0.2, 0.25) is 65.0 Å². The fourth-order valence-corrected chi connectivity index (χ4v) is 12.6. The molecule has 2 aliphatic heterocycles. The molecule has 0 bridgehead atoms. The maximum absolute atomic E-state index is 15.0. The molecule has 0 unspecified atom stereocenters. The number of rotatable bonds is 11. The number of aryl methyl sites for hydroxylation is 1. The van der Waals surface area contributed by atoms with Crippen LogP contribution in [-0.2, 0) is 65.3 Å². The number of alkyl halides is 3. The van der Waals surface area contributed by atoms with E-state index in [1.54, 1.807) is 13.8 Å². The SMILES string of the molecule is CC[C@H](C)[C@@H]1NC(=O)[C@H](CC(C)C)N(C)C(=O)C[C@@H](C)NC(=O)[C@H](CC(C)C)N(C)C(=O)C2(CCCC2)NC(=O)[C@@H]2CCN2C(=O)[C@H](CCc2ccc(C(F)(F)F)c(F)c2)NC(=O)CN(C)C(=O)[C@H](CC2CCCCC2)N(C)C(=O)CN(C)C(=O)CN(C)C1=O. The lowest BCUT2D eigenvalue weighted by Gasteiger charge is -2.44. The first-order valence-electron chi connectivity index (χ1n) is 32.0. The summed E-state index contributed by atoms with van der Waals surface area (Å²) in [5.74, 6) is -9.27. The highest BCUT2D eigenvalue weighted by Crippen LogP contribution is 2.35. The van der Waals surface area contributed by atoms with Crippen LogP contribution >= 0.6 is 0 Å². The minimum absolute atomic E-state index is 0.0174. The number of nitrogens with one attached hydrogen (secondary N) is 4. The van der Waals surface area contributed by atoms with E-state index in [-0.39, 0.29) is 87.6 Å². The Hall–Kier alpha value is -6.89. The minimum atomic E-state index is -4.99. The summed E-state index contributed by atoms with van der Waals surface area (Å²) >= 11 is 0. The molecule has 90 heavy (non-hydrogen) atoms. The van der Waals surface area contributed by atoms with Gasteiger partial charge >= 0.3 is 6.18 Å². The molecule has 0 aromatic heterocycles. The van der Waals surface area contributed by atoms with Gasteiger partial charge in [-0.05, 0) is 99.7 Å². The Balaban J connectivity index is 1.53. The van der Waals surface area contributed by atoms with Crippen molar-refractivity contribution in [1.82, 2.24) is 55.6 Å². The maximum atomic E-state index is 15.0. The predicted molar refractivity (Wildman–Crippen MR) is 327 cm³/mol. The van der Waals surface area contributed by atoms with Crippen LogP contribution in [0.25, 0.3) is 0 Å². The topological polar surface area (TPSA) is 259 Å².